The van der Waals surface area contributed by atoms with Crippen LogP contribution in [0.5, 0.6) is 11.5 Å². The third-order valence-electron chi connectivity index (χ3n) is 3.21. The number of ether oxygens (including phenoxy) is 1. The zero-order valence-corrected chi connectivity index (χ0v) is 11.3. The Morgan fingerprint density at radius 2 is 1.50 bits per heavy atom. The van der Waals surface area contributed by atoms with Crippen molar-refractivity contribution >= 4 is 10.8 Å². The van der Waals surface area contributed by atoms with Gasteiger partial charge in [-0.05, 0) is 40.1 Å². The van der Waals surface area contributed by atoms with Crippen molar-refractivity contribution in [1.29, 1.82) is 0 Å². The topological polar surface area (TPSA) is 29.5 Å². The zero-order chi connectivity index (χ0) is 15.7. The van der Waals surface area contributed by atoms with Gasteiger partial charge in [0.1, 0.15) is 11.5 Å². The largest absolute Gasteiger partial charge is 0.573 e. The van der Waals surface area contributed by atoms with Crippen LogP contribution in [0.1, 0.15) is 0 Å². The normalized spacial score (nSPS) is 11.6. The van der Waals surface area contributed by atoms with Crippen molar-refractivity contribution in [2.45, 2.75) is 6.36 Å². The fourth-order valence-electron chi connectivity index (χ4n) is 2.31. The molecule has 3 aromatic rings. The van der Waals surface area contributed by atoms with Crippen molar-refractivity contribution in [3.8, 4) is 22.6 Å². The molecule has 0 saturated carbocycles. The fourth-order valence-corrected chi connectivity index (χ4v) is 2.31. The molecule has 5 heteroatoms. The summed E-state index contributed by atoms with van der Waals surface area (Å²) >= 11 is 0. The summed E-state index contributed by atoms with van der Waals surface area (Å²) < 4.78 is 40.8. The van der Waals surface area contributed by atoms with Crippen molar-refractivity contribution in [1.82, 2.24) is 0 Å². The van der Waals surface area contributed by atoms with Crippen LogP contribution in [0, 0.1) is 0 Å². The van der Waals surface area contributed by atoms with Crippen LogP contribution in [-0.4, -0.2) is 11.5 Å². The van der Waals surface area contributed by atoms with E-state index in [4.69, 9.17) is 0 Å². The lowest BCUT2D eigenvalue weighted by molar-refractivity contribution is -0.274. The number of phenolic OH excluding ortho intramolecular Hbond substituents is 1. The van der Waals surface area contributed by atoms with Gasteiger partial charge < -0.3 is 9.84 Å². The highest BCUT2D eigenvalue weighted by Crippen LogP contribution is 2.33. The van der Waals surface area contributed by atoms with Crippen LogP contribution >= 0.6 is 0 Å². The van der Waals surface area contributed by atoms with Gasteiger partial charge in [0.25, 0.3) is 0 Å². The summed E-state index contributed by atoms with van der Waals surface area (Å²) in [5, 5.41) is 11.6. The second kappa shape index (κ2) is 5.26. The number of aromatic hydroxyl groups is 1. The van der Waals surface area contributed by atoms with E-state index in [0.717, 1.165) is 16.8 Å². The quantitative estimate of drug-likeness (QED) is 0.713. The molecule has 0 bridgehead atoms. The molecule has 1 N–H and O–H groups in total. The van der Waals surface area contributed by atoms with Crippen molar-refractivity contribution in [2.75, 3.05) is 0 Å². The van der Waals surface area contributed by atoms with Gasteiger partial charge in [-0.1, -0.05) is 36.4 Å². The van der Waals surface area contributed by atoms with Gasteiger partial charge in [-0.15, -0.1) is 13.2 Å². The van der Waals surface area contributed by atoms with E-state index in [1.807, 2.05) is 36.4 Å². The first-order valence-electron chi connectivity index (χ1n) is 6.50. The first kappa shape index (κ1) is 14.3. The summed E-state index contributed by atoms with van der Waals surface area (Å²) in [5.74, 6) is -0.736. The zero-order valence-electron chi connectivity index (χ0n) is 11.3. The molecule has 0 fully saturated rings. The fraction of sp³-hybridized carbons (Fsp3) is 0.0588. The summed E-state index contributed by atoms with van der Waals surface area (Å²) in [4.78, 5) is 0. The minimum absolute atomic E-state index is 0.287. The summed E-state index contributed by atoms with van der Waals surface area (Å²) in [6, 6.07) is 16.7. The first-order chi connectivity index (χ1) is 10.4. The van der Waals surface area contributed by atoms with E-state index in [9.17, 15) is 18.3 Å². The number of benzene rings is 3. The van der Waals surface area contributed by atoms with Crippen molar-refractivity contribution in [3.05, 3.63) is 60.7 Å². The number of hydrogen-bond acceptors (Lipinski definition) is 2. The van der Waals surface area contributed by atoms with Gasteiger partial charge in [0.15, 0.2) is 0 Å². The van der Waals surface area contributed by atoms with E-state index in [2.05, 4.69) is 4.74 Å². The predicted octanol–water partition coefficient (Wildman–Crippen LogP) is 5.11. The Morgan fingerprint density at radius 1 is 0.773 bits per heavy atom. The van der Waals surface area contributed by atoms with Crippen LogP contribution < -0.4 is 4.74 Å². The van der Waals surface area contributed by atoms with Crippen LogP contribution in [0.3, 0.4) is 0 Å². The van der Waals surface area contributed by atoms with Gasteiger partial charge in [-0.2, -0.15) is 0 Å². The summed E-state index contributed by atoms with van der Waals surface area (Å²) in [7, 11) is 0. The monoisotopic (exact) mass is 304 g/mol. The van der Waals surface area contributed by atoms with Gasteiger partial charge in [0, 0.05) is 6.07 Å². The maximum atomic E-state index is 12.3. The maximum absolute atomic E-state index is 12.3. The molecule has 0 amide bonds. The van der Waals surface area contributed by atoms with E-state index in [-0.39, 0.29) is 5.75 Å². The molecule has 0 atom stereocenters. The van der Waals surface area contributed by atoms with Crippen LogP contribution in [0.15, 0.2) is 60.7 Å². The smallest absolute Gasteiger partial charge is 0.508 e. The summed E-state index contributed by atoms with van der Waals surface area (Å²) in [6.07, 6.45) is -4.80. The molecule has 0 aliphatic carbocycles. The average Bonchev–Trinajstić information content (AvgIpc) is 2.44. The Labute approximate surface area is 124 Å². The lowest BCUT2D eigenvalue weighted by Crippen LogP contribution is -2.17. The lowest BCUT2D eigenvalue weighted by atomic mass is 10.0. The molecule has 2 nitrogen and oxygen atoms in total. The molecule has 0 aliphatic rings. The lowest BCUT2D eigenvalue weighted by Gasteiger charge is -2.11. The number of fused-ring (bicyclic) bond motifs is 1. The molecule has 112 valence electrons. The molecular formula is C17H11F3O2. The summed E-state index contributed by atoms with van der Waals surface area (Å²) in [6.45, 7) is 0. The first-order valence-corrected chi connectivity index (χ1v) is 6.50. The van der Waals surface area contributed by atoms with Crippen molar-refractivity contribution < 1.29 is 23.0 Å². The van der Waals surface area contributed by atoms with Crippen LogP contribution in [0.25, 0.3) is 21.9 Å². The number of rotatable bonds is 2. The Hall–Kier alpha value is -2.69. The molecule has 0 unspecified atom stereocenters. The second-order valence-corrected chi connectivity index (χ2v) is 4.83. The van der Waals surface area contributed by atoms with E-state index in [1.54, 1.807) is 6.07 Å². The maximum Gasteiger partial charge on any atom is 0.573 e. The molecular weight excluding hydrogens is 293 g/mol. The number of halogens is 3. The van der Waals surface area contributed by atoms with E-state index >= 15 is 0 Å². The second-order valence-electron chi connectivity index (χ2n) is 4.83. The van der Waals surface area contributed by atoms with Crippen molar-refractivity contribution in [3.63, 3.8) is 0 Å². The molecule has 0 aromatic heterocycles. The molecule has 0 spiro atoms. The minimum Gasteiger partial charge on any atom is -0.508 e. The van der Waals surface area contributed by atoms with Gasteiger partial charge in [0.05, 0.1) is 0 Å². The molecule has 22 heavy (non-hydrogen) atoms. The highest BCUT2D eigenvalue weighted by molar-refractivity contribution is 5.87. The number of alkyl halides is 3. The third kappa shape index (κ3) is 3.14. The van der Waals surface area contributed by atoms with Gasteiger partial charge in [-0.3, -0.25) is 0 Å². The number of hydrogen-bond donors (Lipinski definition) is 1. The molecule has 3 rings (SSSR count). The predicted molar refractivity (Wildman–Crippen MR) is 77.7 cm³/mol. The van der Waals surface area contributed by atoms with Gasteiger partial charge in [0.2, 0.25) is 0 Å². The van der Waals surface area contributed by atoms with Gasteiger partial charge in [-0.25, -0.2) is 0 Å². The van der Waals surface area contributed by atoms with E-state index < -0.39 is 12.1 Å². The molecule has 3 aromatic carbocycles. The molecule has 0 radical (unpaired) electrons. The Bertz CT molecular complexity index is 825. The minimum atomic E-state index is -4.80. The Balaban J connectivity index is 2.05. The third-order valence-corrected chi connectivity index (χ3v) is 3.21. The van der Waals surface area contributed by atoms with Gasteiger partial charge >= 0.3 is 6.36 Å². The van der Waals surface area contributed by atoms with E-state index in [0.29, 0.717) is 11.1 Å². The standard InChI is InChI=1S/C17H11F3O2/c18-17(19,20)22-16-9-14(8-15(21)10-16)13-6-5-11-3-1-2-4-12(11)7-13/h1-10,21H. The number of phenols is 1. The SMILES string of the molecule is Oc1cc(OC(F)(F)F)cc(-c2ccc3ccccc3c2)c1. The van der Waals surface area contributed by atoms with Crippen LogP contribution in [0.2, 0.25) is 0 Å². The highest BCUT2D eigenvalue weighted by Gasteiger charge is 2.31. The Morgan fingerprint density at radius 3 is 2.23 bits per heavy atom. The van der Waals surface area contributed by atoms with Crippen LogP contribution in [0.4, 0.5) is 13.2 Å². The molecule has 0 aliphatic heterocycles. The highest BCUT2D eigenvalue weighted by atomic mass is 19.4. The molecule has 0 heterocycles. The molecule has 0 saturated heterocycles. The van der Waals surface area contributed by atoms with Crippen molar-refractivity contribution in [2.24, 2.45) is 0 Å². The van der Waals surface area contributed by atoms with Crippen LogP contribution in [-0.2, 0) is 0 Å². The Kier molecular flexibility index (Phi) is 3.41. The van der Waals surface area contributed by atoms with E-state index in [1.165, 1.54) is 12.1 Å². The average molecular weight is 304 g/mol. The summed E-state index contributed by atoms with van der Waals surface area (Å²) in [5.41, 5.74) is 1.15.